The van der Waals surface area contributed by atoms with Crippen LogP contribution in [0.3, 0.4) is 0 Å². The van der Waals surface area contributed by atoms with Gasteiger partial charge < -0.3 is 4.90 Å². The molecule has 3 aromatic rings. The van der Waals surface area contributed by atoms with Crippen LogP contribution < -0.4 is 0 Å². The molecule has 4 rings (SSSR count). The van der Waals surface area contributed by atoms with Crippen molar-refractivity contribution in [3.63, 3.8) is 0 Å². The van der Waals surface area contributed by atoms with Gasteiger partial charge in [0, 0.05) is 25.4 Å². The molecule has 3 aromatic carbocycles. The van der Waals surface area contributed by atoms with Crippen molar-refractivity contribution in [1.29, 1.82) is 0 Å². The molecule has 0 bridgehead atoms. The summed E-state index contributed by atoms with van der Waals surface area (Å²) in [5.41, 5.74) is 0.998. The molecule has 0 radical (unpaired) electrons. The van der Waals surface area contributed by atoms with Gasteiger partial charge in [0.1, 0.15) is 6.04 Å². The minimum absolute atomic E-state index is 0.181. The summed E-state index contributed by atoms with van der Waals surface area (Å²) in [5, 5.41) is 1.64. The standard InChI is InChI=1S/C23H24N2O3S2/c1-24(15-17-7-3-2-4-8-17)23(26)22-14-20(29)16-25(22)30(27,28)21-12-11-18-9-5-6-10-19(18)13-21/h2-13,20,22,29H,14-16H2,1H3/t20-,22-/m0/s1. The van der Waals surface area contributed by atoms with Crippen molar-refractivity contribution in [2.45, 2.75) is 29.2 Å². The summed E-state index contributed by atoms with van der Waals surface area (Å²) in [6, 6.07) is 21.6. The van der Waals surface area contributed by atoms with Crippen LogP contribution in [0.4, 0.5) is 0 Å². The minimum Gasteiger partial charge on any atom is -0.340 e. The number of likely N-dealkylation sites (N-methyl/N-ethyl adjacent to an activating group) is 1. The van der Waals surface area contributed by atoms with Gasteiger partial charge in [-0.05, 0) is 34.9 Å². The normalized spacial score (nSPS) is 19.8. The molecule has 0 aliphatic carbocycles. The van der Waals surface area contributed by atoms with Crippen molar-refractivity contribution in [2.75, 3.05) is 13.6 Å². The van der Waals surface area contributed by atoms with Crippen LogP contribution in [-0.2, 0) is 21.4 Å². The van der Waals surface area contributed by atoms with E-state index in [1.165, 1.54) is 4.31 Å². The van der Waals surface area contributed by atoms with Crippen molar-refractivity contribution < 1.29 is 13.2 Å². The third-order valence-corrected chi connectivity index (χ3v) is 7.73. The number of fused-ring (bicyclic) bond motifs is 1. The van der Waals surface area contributed by atoms with Gasteiger partial charge in [-0.1, -0.05) is 60.7 Å². The molecule has 1 saturated heterocycles. The second-order valence-corrected chi connectivity index (χ2v) is 10.3. The van der Waals surface area contributed by atoms with Gasteiger partial charge in [0.15, 0.2) is 0 Å². The van der Waals surface area contributed by atoms with E-state index in [-0.39, 0.29) is 22.6 Å². The first-order valence-corrected chi connectivity index (χ1v) is 11.8. The highest BCUT2D eigenvalue weighted by Crippen LogP contribution is 2.31. The fraction of sp³-hybridized carbons (Fsp3) is 0.261. The molecule has 0 saturated carbocycles. The van der Waals surface area contributed by atoms with Gasteiger partial charge in [-0.25, -0.2) is 8.42 Å². The van der Waals surface area contributed by atoms with Crippen molar-refractivity contribution in [1.82, 2.24) is 9.21 Å². The van der Waals surface area contributed by atoms with Crippen LogP contribution in [0.15, 0.2) is 77.7 Å². The summed E-state index contributed by atoms with van der Waals surface area (Å²) < 4.78 is 28.2. The van der Waals surface area contributed by atoms with E-state index < -0.39 is 16.1 Å². The summed E-state index contributed by atoms with van der Waals surface area (Å²) in [7, 11) is -2.12. The van der Waals surface area contributed by atoms with Gasteiger partial charge in [-0.3, -0.25) is 4.79 Å². The van der Waals surface area contributed by atoms with E-state index >= 15 is 0 Å². The predicted molar refractivity (Wildman–Crippen MR) is 122 cm³/mol. The maximum absolute atomic E-state index is 13.4. The molecule has 1 fully saturated rings. The Hall–Kier alpha value is -2.35. The zero-order valence-corrected chi connectivity index (χ0v) is 18.4. The number of carbonyl (C=O) groups is 1. The fourth-order valence-electron chi connectivity index (χ4n) is 3.93. The summed E-state index contributed by atoms with van der Waals surface area (Å²) >= 11 is 4.50. The number of sulfonamides is 1. The summed E-state index contributed by atoms with van der Waals surface area (Å²) in [5.74, 6) is -0.209. The van der Waals surface area contributed by atoms with Crippen molar-refractivity contribution in [2.24, 2.45) is 0 Å². The van der Waals surface area contributed by atoms with E-state index in [0.29, 0.717) is 13.0 Å². The Balaban J connectivity index is 1.61. The van der Waals surface area contributed by atoms with E-state index in [0.717, 1.165) is 16.3 Å². The molecule has 7 heteroatoms. The molecule has 1 aliphatic heterocycles. The Morgan fingerprint density at radius 3 is 2.43 bits per heavy atom. The first-order chi connectivity index (χ1) is 14.4. The lowest BCUT2D eigenvalue weighted by atomic mass is 10.1. The molecule has 0 N–H and O–H groups in total. The van der Waals surface area contributed by atoms with E-state index in [9.17, 15) is 13.2 Å². The number of nitrogens with zero attached hydrogens (tertiary/aromatic N) is 2. The quantitative estimate of drug-likeness (QED) is 0.617. The van der Waals surface area contributed by atoms with Crippen molar-refractivity contribution in [3.05, 3.63) is 78.4 Å². The molecule has 0 unspecified atom stereocenters. The molecule has 156 valence electrons. The zero-order chi connectivity index (χ0) is 21.3. The van der Waals surface area contributed by atoms with Crippen molar-refractivity contribution >= 4 is 39.3 Å². The first kappa shape index (κ1) is 20.9. The van der Waals surface area contributed by atoms with Crippen LogP contribution >= 0.6 is 12.6 Å². The molecule has 0 spiro atoms. The van der Waals surface area contributed by atoms with Gasteiger partial charge >= 0.3 is 0 Å². The van der Waals surface area contributed by atoms with E-state index in [1.54, 1.807) is 30.1 Å². The lowest BCUT2D eigenvalue weighted by molar-refractivity contribution is -0.133. The van der Waals surface area contributed by atoms with E-state index in [2.05, 4.69) is 12.6 Å². The van der Waals surface area contributed by atoms with Gasteiger partial charge in [-0.2, -0.15) is 16.9 Å². The molecule has 0 aromatic heterocycles. The Morgan fingerprint density at radius 2 is 1.70 bits per heavy atom. The number of hydrogen-bond donors (Lipinski definition) is 1. The summed E-state index contributed by atoms with van der Waals surface area (Å²) in [6.07, 6.45) is 0.397. The third kappa shape index (κ3) is 4.10. The molecule has 30 heavy (non-hydrogen) atoms. The highest BCUT2D eigenvalue weighted by Gasteiger charge is 2.43. The van der Waals surface area contributed by atoms with Crippen LogP contribution in [0.2, 0.25) is 0 Å². The maximum Gasteiger partial charge on any atom is 0.243 e. The summed E-state index contributed by atoms with van der Waals surface area (Å²) in [6.45, 7) is 0.644. The van der Waals surface area contributed by atoms with Gasteiger partial charge in [0.25, 0.3) is 0 Å². The average molecular weight is 441 g/mol. The van der Waals surface area contributed by atoms with Gasteiger partial charge in [0.2, 0.25) is 15.9 Å². The monoisotopic (exact) mass is 440 g/mol. The topological polar surface area (TPSA) is 57.7 Å². The number of benzene rings is 3. The predicted octanol–water partition coefficient (Wildman–Crippen LogP) is 3.56. The Labute approximate surface area is 182 Å². The number of carbonyl (C=O) groups excluding carboxylic acids is 1. The molecule has 2 atom stereocenters. The first-order valence-electron chi connectivity index (χ1n) is 9.84. The molecule has 1 amide bonds. The fourth-order valence-corrected chi connectivity index (χ4v) is 6.09. The molecule has 5 nitrogen and oxygen atoms in total. The maximum atomic E-state index is 13.4. The van der Waals surface area contributed by atoms with Crippen LogP contribution in [0.5, 0.6) is 0 Å². The molecule has 1 aliphatic rings. The SMILES string of the molecule is CN(Cc1ccccc1)C(=O)[C@@H]1C[C@H](S)CN1S(=O)(=O)c1ccc2ccccc2c1. The molecular formula is C23H24N2O3S2. The van der Waals surface area contributed by atoms with Crippen LogP contribution in [-0.4, -0.2) is 48.4 Å². The van der Waals surface area contributed by atoms with Crippen molar-refractivity contribution in [3.8, 4) is 0 Å². The number of hydrogen-bond acceptors (Lipinski definition) is 4. The second kappa shape index (κ2) is 8.41. The van der Waals surface area contributed by atoms with E-state index in [4.69, 9.17) is 0 Å². The Kier molecular flexibility index (Phi) is 5.86. The lowest BCUT2D eigenvalue weighted by Crippen LogP contribution is -2.46. The van der Waals surface area contributed by atoms with Crippen LogP contribution in [0.1, 0.15) is 12.0 Å². The lowest BCUT2D eigenvalue weighted by Gasteiger charge is -2.27. The largest absolute Gasteiger partial charge is 0.340 e. The Bertz CT molecular complexity index is 1170. The average Bonchev–Trinajstić information content (AvgIpc) is 3.16. The Morgan fingerprint density at radius 1 is 1.03 bits per heavy atom. The van der Waals surface area contributed by atoms with Crippen LogP contribution in [0, 0.1) is 0 Å². The minimum atomic E-state index is -3.83. The third-order valence-electron chi connectivity index (χ3n) is 5.49. The second-order valence-electron chi connectivity index (χ2n) is 7.67. The molecule has 1 heterocycles. The molecular weight excluding hydrogens is 416 g/mol. The van der Waals surface area contributed by atoms with Crippen LogP contribution in [0.25, 0.3) is 10.8 Å². The van der Waals surface area contributed by atoms with Gasteiger partial charge in [0.05, 0.1) is 4.90 Å². The van der Waals surface area contributed by atoms with Gasteiger partial charge in [-0.15, -0.1) is 0 Å². The highest BCUT2D eigenvalue weighted by atomic mass is 32.2. The number of amides is 1. The number of thiol groups is 1. The zero-order valence-electron chi connectivity index (χ0n) is 16.7. The number of rotatable bonds is 5. The smallest absolute Gasteiger partial charge is 0.243 e. The van der Waals surface area contributed by atoms with E-state index in [1.807, 2.05) is 54.6 Å². The summed E-state index contributed by atoms with van der Waals surface area (Å²) in [4.78, 5) is 15.0. The highest BCUT2D eigenvalue weighted by molar-refractivity contribution is 7.89.